The van der Waals surface area contributed by atoms with Crippen molar-refractivity contribution in [2.45, 2.75) is 57.9 Å². The summed E-state index contributed by atoms with van der Waals surface area (Å²) in [5.41, 5.74) is 2.43. The molecule has 0 N–H and O–H groups in total. The average Bonchev–Trinajstić information content (AvgIpc) is 3.16. The van der Waals surface area contributed by atoms with Crippen molar-refractivity contribution in [2.75, 3.05) is 32.8 Å². The van der Waals surface area contributed by atoms with Crippen LogP contribution in [0.3, 0.4) is 0 Å². The molecule has 2 amide bonds. The number of morpholine rings is 1. The second kappa shape index (κ2) is 8.42. The quantitative estimate of drug-likeness (QED) is 0.799. The molecule has 0 aliphatic carbocycles. The normalized spacial score (nSPS) is 20.8. The molecule has 0 radical (unpaired) electrons. The number of likely N-dealkylation sites (tertiary alicyclic amines) is 1. The molecule has 2 aliphatic rings. The number of hydrogen-bond donors (Lipinski definition) is 0. The van der Waals surface area contributed by atoms with E-state index >= 15 is 0 Å². The Kier molecular flexibility index (Phi) is 6.20. The summed E-state index contributed by atoms with van der Waals surface area (Å²) in [4.78, 5) is 29.4. The van der Waals surface area contributed by atoms with Gasteiger partial charge in [-0.3, -0.25) is 9.59 Å². The van der Waals surface area contributed by atoms with Crippen LogP contribution in [0.2, 0.25) is 0 Å². The van der Waals surface area contributed by atoms with E-state index in [1.54, 1.807) is 0 Å². The fraction of sp³-hybridized carbons (Fsp3) is 0.636. The van der Waals surface area contributed by atoms with Gasteiger partial charge in [0.25, 0.3) is 0 Å². The maximum absolute atomic E-state index is 12.9. The minimum atomic E-state index is -0.280. The standard InChI is InChI=1S/C22H32N2O3/c1-17-6-8-18(9-7-17)22(2,3)11-10-20(25)24-12-4-5-19(24)21(26)23-13-15-27-16-14-23/h6-9,19H,4-5,10-16H2,1-3H3/t19-/m0/s1. The van der Waals surface area contributed by atoms with Crippen molar-refractivity contribution in [2.24, 2.45) is 0 Å². The lowest BCUT2D eigenvalue weighted by Gasteiger charge is -2.33. The molecule has 3 rings (SSSR count). The van der Waals surface area contributed by atoms with E-state index in [2.05, 4.69) is 45.0 Å². The Bertz CT molecular complexity index is 663. The van der Waals surface area contributed by atoms with E-state index in [1.165, 1.54) is 11.1 Å². The second-order valence-electron chi connectivity index (χ2n) is 8.43. The largest absolute Gasteiger partial charge is 0.378 e. The van der Waals surface area contributed by atoms with Crippen LogP contribution in [0.25, 0.3) is 0 Å². The summed E-state index contributed by atoms with van der Waals surface area (Å²) >= 11 is 0. The van der Waals surface area contributed by atoms with Crippen molar-refractivity contribution in [3.8, 4) is 0 Å². The average molecular weight is 373 g/mol. The zero-order valence-electron chi connectivity index (χ0n) is 16.9. The Hall–Kier alpha value is -1.88. The second-order valence-corrected chi connectivity index (χ2v) is 8.43. The highest BCUT2D eigenvalue weighted by atomic mass is 16.5. The third-order valence-corrected chi connectivity index (χ3v) is 5.98. The summed E-state index contributed by atoms with van der Waals surface area (Å²) in [5.74, 6) is 0.209. The number of nitrogens with zero attached hydrogens (tertiary/aromatic N) is 2. The summed E-state index contributed by atoms with van der Waals surface area (Å²) in [6, 6.07) is 8.27. The zero-order chi connectivity index (χ0) is 19.4. The van der Waals surface area contributed by atoms with Gasteiger partial charge in [0.2, 0.25) is 11.8 Å². The van der Waals surface area contributed by atoms with E-state index in [0.717, 1.165) is 19.3 Å². The van der Waals surface area contributed by atoms with Crippen LogP contribution in [0, 0.1) is 6.92 Å². The van der Waals surface area contributed by atoms with Crippen LogP contribution < -0.4 is 0 Å². The van der Waals surface area contributed by atoms with Crippen molar-refractivity contribution in [1.82, 2.24) is 9.80 Å². The molecule has 0 aromatic heterocycles. The van der Waals surface area contributed by atoms with E-state index in [9.17, 15) is 9.59 Å². The number of rotatable bonds is 5. The first kappa shape index (κ1) is 19.9. The number of carbonyl (C=O) groups is 2. The highest BCUT2D eigenvalue weighted by Gasteiger charge is 2.37. The first-order valence-corrected chi connectivity index (χ1v) is 10.1. The number of benzene rings is 1. The first-order chi connectivity index (χ1) is 12.9. The summed E-state index contributed by atoms with van der Waals surface area (Å²) in [6.07, 6.45) is 2.95. The lowest BCUT2D eigenvalue weighted by Crippen LogP contribution is -2.51. The van der Waals surface area contributed by atoms with Crippen molar-refractivity contribution >= 4 is 11.8 Å². The van der Waals surface area contributed by atoms with Crippen molar-refractivity contribution in [1.29, 1.82) is 0 Å². The molecule has 1 aromatic rings. The van der Waals surface area contributed by atoms with Crippen LogP contribution in [-0.4, -0.2) is 60.5 Å². The maximum atomic E-state index is 12.9. The molecule has 2 fully saturated rings. The van der Waals surface area contributed by atoms with Gasteiger partial charge in [-0.05, 0) is 37.2 Å². The number of carbonyl (C=O) groups excluding carboxylic acids is 2. The molecule has 0 spiro atoms. The Morgan fingerprint density at radius 1 is 1.11 bits per heavy atom. The molecule has 2 aliphatic heterocycles. The molecule has 5 nitrogen and oxygen atoms in total. The fourth-order valence-corrected chi connectivity index (χ4v) is 4.03. The van der Waals surface area contributed by atoms with Gasteiger partial charge in [0.15, 0.2) is 0 Å². The molecule has 0 unspecified atom stereocenters. The van der Waals surface area contributed by atoms with E-state index in [1.807, 2.05) is 9.80 Å². The SMILES string of the molecule is Cc1ccc(C(C)(C)CCC(=O)N2CCC[C@H]2C(=O)N2CCOCC2)cc1. The van der Waals surface area contributed by atoms with Gasteiger partial charge >= 0.3 is 0 Å². The number of amides is 2. The Morgan fingerprint density at radius 2 is 1.78 bits per heavy atom. The van der Waals surface area contributed by atoms with Gasteiger partial charge in [0.05, 0.1) is 13.2 Å². The predicted octanol–water partition coefficient (Wildman–Crippen LogP) is 2.90. The molecule has 148 valence electrons. The lowest BCUT2D eigenvalue weighted by atomic mass is 9.80. The fourth-order valence-electron chi connectivity index (χ4n) is 4.03. The number of hydrogen-bond acceptors (Lipinski definition) is 3. The molecule has 27 heavy (non-hydrogen) atoms. The minimum absolute atomic E-state index is 0.0627. The highest BCUT2D eigenvalue weighted by Crippen LogP contribution is 2.30. The molecule has 1 atom stereocenters. The molecule has 0 saturated carbocycles. The van der Waals surface area contributed by atoms with Crippen molar-refractivity contribution in [3.05, 3.63) is 35.4 Å². The van der Waals surface area contributed by atoms with Crippen LogP contribution in [0.15, 0.2) is 24.3 Å². The number of ether oxygens (including phenoxy) is 1. The smallest absolute Gasteiger partial charge is 0.245 e. The monoisotopic (exact) mass is 372 g/mol. The van der Waals surface area contributed by atoms with Gasteiger partial charge in [-0.15, -0.1) is 0 Å². The van der Waals surface area contributed by atoms with Gasteiger partial charge < -0.3 is 14.5 Å². The third-order valence-electron chi connectivity index (χ3n) is 5.98. The maximum Gasteiger partial charge on any atom is 0.245 e. The molecule has 1 aromatic carbocycles. The van der Waals surface area contributed by atoms with E-state index < -0.39 is 0 Å². The van der Waals surface area contributed by atoms with E-state index in [0.29, 0.717) is 39.3 Å². The predicted molar refractivity (Wildman–Crippen MR) is 106 cm³/mol. The molecule has 2 heterocycles. The van der Waals surface area contributed by atoms with E-state index in [4.69, 9.17) is 4.74 Å². The van der Waals surface area contributed by atoms with Crippen molar-refractivity contribution < 1.29 is 14.3 Å². The minimum Gasteiger partial charge on any atom is -0.378 e. The zero-order valence-corrected chi connectivity index (χ0v) is 16.9. The first-order valence-electron chi connectivity index (χ1n) is 10.1. The van der Waals surface area contributed by atoms with Gasteiger partial charge in [-0.25, -0.2) is 0 Å². The highest BCUT2D eigenvalue weighted by molar-refractivity contribution is 5.88. The molecule has 0 bridgehead atoms. The topological polar surface area (TPSA) is 49.9 Å². The van der Waals surface area contributed by atoms with Crippen LogP contribution in [0.4, 0.5) is 0 Å². The van der Waals surface area contributed by atoms with Crippen LogP contribution in [-0.2, 0) is 19.7 Å². The summed E-state index contributed by atoms with van der Waals surface area (Å²) in [6.45, 7) is 9.62. The number of aryl methyl sites for hydroxylation is 1. The Labute approximate surface area is 162 Å². The summed E-state index contributed by atoms with van der Waals surface area (Å²) in [7, 11) is 0. The Balaban J connectivity index is 1.59. The molecule has 5 heteroatoms. The van der Waals surface area contributed by atoms with Gasteiger partial charge in [-0.1, -0.05) is 43.7 Å². The Morgan fingerprint density at radius 3 is 2.44 bits per heavy atom. The van der Waals surface area contributed by atoms with Gasteiger partial charge in [-0.2, -0.15) is 0 Å². The molecular weight excluding hydrogens is 340 g/mol. The van der Waals surface area contributed by atoms with E-state index in [-0.39, 0.29) is 23.3 Å². The summed E-state index contributed by atoms with van der Waals surface area (Å²) in [5, 5.41) is 0. The van der Waals surface area contributed by atoms with Crippen molar-refractivity contribution in [3.63, 3.8) is 0 Å². The van der Waals surface area contributed by atoms with Crippen LogP contribution in [0.5, 0.6) is 0 Å². The van der Waals surface area contributed by atoms with Gasteiger partial charge in [0.1, 0.15) is 6.04 Å². The van der Waals surface area contributed by atoms with Gasteiger partial charge in [0, 0.05) is 26.1 Å². The van der Waals surface area contributed by atoms with Crippen LogP contribution in [0.1, 0.15) is 50.7 Å². The third kappa shape index (κ3) is 4.70. The van der Waals surface area contributed by atoms with Crippen LogP contribution >= 0.6 is 0 Å². The lowest BCUT2D eigenvalue weighted by molar-refractivity contribution is -0.146. The molecular formula is C22H32N2O3. The summed E-state index contributed by atoms with van der Waals surface area (Å²) < 4.78 is 5.34. The molecule has 2 saturated heterocycles.